The molecule has 0 unspecified atom stereocenters. The number of aromatic nitrogens is 3. The molecular formula is C29H37F2N7O3. The molecule has 5 rings (SSSR count). The fourth-order valence-corrected chi connectivity index (χ4v) is 5.37. The number of nitrogens with one attached hydrogen (secondary N) is 1. The molecule has 0 amide bonds. The van der Waals surface area contributed by atoms with E-state index in [4.69, 9.17) is 14.2 Å². The zero-order valence-corrected chi connectivity index (χ0v) is 24.0. The summed E-state index contributed by atoms with van der Waals surface area (Å²) in [7, 11) is 5.14. The van der Waals surface area contributed by atoms with Crippen molar-refractivity contribution < 1.29 is 23.0 Å². The van der Waals surface area contributed by atoms with Crippen LogP contribution < -0.4 is 24.4 Å². The molecule has 4 heterocycles. The zero-order valence-electron chi connectivity index (χ0n) is 24.0. The summed E-state index contributed by atoms with van der Waals surface area (Å²) in [5.41, 5.74) is 1.60. The molecule has 0 atom stereocenters. The van der Waals surface area contributed by atoms with Crippen LogP contribution in [0.3, 0.4) is 0 Å². The van der Waals surface area contributed by atoms with E-state index in [2.05, 4.69) is 48.1 Å². The van der Waals surface area contributed by atoms with Gasteiger partial charge < -0.3 is 29.3 Å². The minimum absolute atomic E-state index is 0.0224. The number of pyridine rings is 1. The van der Waals surface area contributed by atoms with E-state index in [0.29, 0.717) is 12.0 Å². The van der Waals surface area contributed by atoms with Gasteiger partial charge in [-0.3, -0.25) is 4.90 Å². The van der Waals surface area contributed by atoms with Gasteiger partial charge in [-0.25, -0.2) is 23.7 Å². The Morgan fingerprint density at radius 2 is 1.66 bits per heavy atom. The number of ether oxygens (including phenoxy) is 3. The summed E-state index contributed by atoms with van der Waals surface area (Å²) >= 11 is 0. The van der Waals surface area contributed by atoms with Gasteiger partial charge in [0.2, 0.25) is 5.95 Å². The van der Waals surface area contributed by atoms with Crippen molar-refractivity contribution in [1.29, 1.82) is 0 Å². The number of piperazine rings is 1. The number of hydrogen-bond acceptors (Lipinski definition) is 10. The van der Waals surface area contributed by atoms with Crippen molar-refractivity contribution in [3.8, 4) is 17.4 Å². The van der Waals surface area contributed by atoms with Gasteiger partial charge in [0, 0.05) is 57.1 Å². The Labute approximate surface area is 239 Å². The van der Waals surface area contributed by atoms with Crippen molar-refractivity contribution in [2.24, 2.45) is 0 Å². The number of methoxy groups -OCH3 is 2. The number of likely N-dealkylation sites (N-methyl/N-ethyl adjacent to an activating group) is 1. The number of piperidine rings is 1. The molecule has 3 aromatic rings. The number of rotatable bonds is 9. The fourth-order valence-electron chi connectivity index (χ4n) is 5.37. The molecule has 2 saturated heterocycles. The monoisotopic (exact) mass is 569 g/mol. The Balaban J connectivity index is 1.18. The summed E-state index contributed by atoms with van der Waals surface area (Å²) in [6.45, 7) is 7.64. The maximum atomic E-state index is 14.5. The van der Waals surface area contributed by atoms with Crippen LogP contribution in [0.1, 0.15) is 24.1 Å². The van der Waals surface area contributed by atoms with Crippen molar-refractivity contribution >= 4 is 17.3 Å². The van der Waals surface area contributed by atoms with E-state index < -0.39 is 11.6 Å². The lowest BCUT2D eigenvalue weighted by molar-refractivity contribution is 0.0981. The highest BCUT2D eigenvalue weighted by Gasteiger charge is 2.28. The highest BCUT2D eigenvalue weighted by molar-refractivity contribution is 5.67. The Kier molecular flexibility index (Phi) is 8.99. The maximum Gasteiger partial charge on any atom is 0.250 e. The molecule has 1 aromatic carbocycles. The van der Waals surface area contributed by atoms with Crippen LogP contribution in [0.25, 0.3) is 0 Å². The largest absolute Gasteiger partial charge is 0.495 e. The molecule has 0 spiro atoms. The van der Waals surface area contributed by atoms with Gasteiger partial charge in [-0.2, -0.15) is 0 Å². The van der Waals surface area contributed by atoms with Crippen LogP contribution in [-0.4, -0.2) is 91.3 Å². The molecule has 220 valence electrons. The van der Waals surface area contributed by atoms with E-state index in [1.165, 1.54) is 26.4 Å². The van der Waals surface area contributed by atoms with Crippen LogP contribution >= 0.6 is 0 Å². The molecule has 2 aromatic heterocycles. The van der Waals surface area contributed by atoms with Crippen LogP contribution in [-0.2, 0) is 6.61 Å². The molecule has 2 aliphatic heterocycles. The van der Waals surface area contributed by atoms with Gasteiger partial charge in [-0.15, -0.1) is 0 Å². The second kappa shape index (κ2) is 12.8. The van der Waals surface area contributed by atoms with Crippen molar-refractivity contribution in [2.75, 3.05) is 70.8 Å². The van der Waals surface area contributed by atoms with Crippen LogP contribution in [0.2, 0.25) is 0 Å². The molecule has 2 aliphatic rings. The summed E-state index contributed by atoms with van der Waals surface area (Å²) in [5, 5.41) is 3.17. The first-order chi connectivity index (χ1) is 19.9. The second-order valence-electron chi connectivity index (χ2n) is 10.4. The maximum absolute atomic E-state index is 14.5. The summed E-state index contributed by atoms with van der Waals surface area (Å²) in [6, 6.07) is 6.61. The van der Waals surface area contributed by atoms with Crippen molar-refractivity contribution in [3.63, 3.8) is 0 Å². The topological polar surface area (TPSA) is 88.1 Å². The number of anilines is 3. The Hall–Kier alpha value is -3.77. The zero-order chi connectivity index (χ0) is 28.9. The lowest BCUT2D eigenvalue weighted by Crippen LogP contribution is -2.52. The molecule has 10 nitrogen and oxygen atoms in total. The molecule has 12 heteroatoms. The van der Waals surface area contributed by atoms with Crippen molar-refractivity contribution in [2.45, 2.75) is 32.4 Å². The van der Waals surface area contributed by atoms with Crippen LogP contribution in [0.5, 0.6) is 17.4 Å². The SMILES string of the molecule is COc1cc(Nc2ncc(OCc3c(F)c(C)nc(OC)c3F)cn2)ccc1N1CCC(N2CCN(C)CC2)CC1. The quantitative estimate of drug-likeness (QED) is 0.408. The Morgan fingerprint density at radius 3 is 2.32 bits per heavy atom. The number of hydrogen-bond donors (Lipinski definition) is 1. The number of aryl methyl sites for hydroxylation is 1. The summed E-state index contributed by atoms with van der Waals surface area (Å²) in [4.78, 5) is 19.7. The van der Waals surface area contributed by atoms with E-state index in [0.717, 1.165) is 69.2 Å². The van der Waals surface area contributed by atoms with Gasteiger partial charge in [0.25, 0.3) is 5.88 Å². The lowest BCUT2D eigenvalue weighted by atomic mass is 10.0. The summed E-state index contributed by atoms with van der Waals surface area (Å²) in [6.07, 6.45) is 5.16. The average molecular weight is 570 g/mol. The van der Waals surface area contributed by atoms with E-state index in [1.807, 2.05) is 12.1 Å². The van der Waals surface area contributed by atoms with Crippen LogP contribution in [0, 0.1) is 18.6 Å². The first-order valence-corrected chi connectivity index (χ1v) is 13.8. The standard InChI is InChI=1S/C29H37F2N7O3/c1-19-26(30)23(27(31)28(34-19)40-4)18-41-22-16-32-29(33-17-22)35-20-5-6-24(25(15-20)39-3)38-9-7-21(8-10-38)37-13-11-36(2)12-14-37/h5-6,15-17,21H,7-14,18H2,1-4H3,(H,32,33,35). The highest BCUT2D eigenvalue weighted by atomic mass is 19.1. The minimum Gasteiger partial charge on any atom is -0.495 e. The van der Waals surface area contributed by atoms with E-state index in [-0.39, 0.29) is 29.5 Å². The van der Waals surface area contributed by atoms with Crippen LogP contribution in [0.4, 0.5) is 26.1 Å². The highest BCUT2D eigenvalue weighted by Crippen LogP contribution is 2.34. The molecule has 0 aliphatic carbocycles. The Bertz CT molecular complexity index is 1330. The third-order valence-corrected chi connectivity index (χ3v) is 7.80. The number of nitrogens with zero attached hydrogens (tertiary/aromatic N) is 6. The van der Waals surface area contributed by atoms with Gasteiger partial charge in [-0.05, 0) is 38.9 Å². The Morgan fingerprint density at radius 1 is 0.951 bits per heavy atom. The second-order valence-corrected chi connectivity index (χ2v) is 10.4. The molecule has 41 heavy (non-hydrogen) atoms. The molecule has 0 radical (unpaired) electrons. The van der Waals surface area contributed by atoms with Gasteiger partial charge >= 0.3 is 0 Å². The van der Waals surface area contributed by atoms with Gasteiger partial charge in [-0.1, -0.05) is 0 Å². The first kappa shape index (κ1) is 28.7. The minimum atomic E-state index is -0.897. The molecule has 1 N–H and O–H groups in total. The van der Waals surface area contributed by atoms with Crippen molar-refractivity contribution in [1.82, 2.24) is 24.8 Å². The van der Waals surface area contributed by atoms with Gasteiger partial charge in [0.05, 0.1) is 43.6 Å². The van der Waals surface area contributed by atoms with E-state index in [9.17, 15) is 8.78 Å². The predicted molar refractivity (Wildman–Crippen MR) is 152 cm³/mol. The number of halogens is 2. The lowest BCUT2D eigenvalue weighted by Gasteiger charge is -2.42. The van der Waals surface area contributed by atoms with E-state index >= 15 is 0 Å². The molecule has 0 bridgehead atoms. The van der Waals surface area contributed by atoms with Gasteiger partial charge in [0.1, 0.15) is 12.4 Å². The normalized spacial score (nSPS) is 17.0. The third kappa shape index (κ3) is 6.59. The molecule has 2 fully saturated rings. The smallest absolute Gasteiger partial charge is 0.250 e. The van der Waals surface area contributed by atoms with Crippen LogP contribution in [0.15, 0.2) is 30.6 Å². The summed E-state index contributed by atoms with van der Waals surface area (Å²) in [5.74, 6) is -0.574. The first-order valence-electron chi connectivity index (χ1n) is 13.8. The fraction of sp³-hybridized carbons (Fsp3) is 0.483. The number of benzene rings is 1. The average Bonchev–Trinajstić information content (AvgIpc) is 3.00. The third-order valence-electron chi connectivity index (χ3n) is 7.80. The summed E-state index contributed by atoms with van der Waals surface area (Å²) < 4.78 is 45.0. The van der Waals surface area contributed by atoms with E-state index in [1.54, 1.807) is 7.11 Å². The molecular weight excluding hydrogens is 532 g/mol. The van der Waals surface area contributed by atoms with Gasteiger partial charge in [0.15, 0.2) is 17.4 Å². The predicted octanol–water partition coefficient (Wildman–Crippen LogP) is 4.01. The van der Waals surface area contributed by atoms with Crippen molar-refractivity contribution in [3.05, 3.63) is 53.5 Å². The molecule has 0 saturated carbocycles.